The standard InChI is InChI=1S/C22H23N5O2/c28-22(27-11-7-19(8-12-27)29-20-4-2-10-24-16-20)18-5-6-21(26-15-18)25-14-17-3-1-9-23-13-17/h1-6,9-10,13,15-16,19H,7-8,11-12,14H2,(H,25,26). The molecule has 1 N–H and O–H groups in total. The van der Waals surface area contributed by atoms with Crippen LogP contribution in [0.5, 0.6) is 5.75 Å². The van der Waals surface area contributed by atoms with Gasteiger partial charge in [0.2, 0.25) is 0 Å². The maximum Gasteiger partial charge on any atom is 0.255 e. The highest BCUT2D eigenvalue weighted by atomic mass is 16.5. The van der Waals surface area contributed by atoms with Gasteiger partial charge in [0, 0.05) is 57.3 Å². The van der Waals surface area contributed by atoms with Gasteiger partial charge in [-0.05, 0) is 35.9 Å². The third-order valence-corrected chi connectivity index (χ3v) is 4.87. The highest BCUT2D eigenvalue weighted by molar-refractivity contribution is 5.94. The van der Waals surface area contributed by atoms with Crippen molar-refractivity contribution in [2.24, 2.45) is 0 Å². The third-order valence-electron chi connectivity index (χ3n) is 4.87. The van der Waals surface area contributed by atoms with E-state index in [0.717, 1.165) is 30.0 Å². The van der Waals surface area contributed by atoms with E-state index in [9.17, 15) is 4.79 Å². The summed E-state index contributed by atoms with van der Waals surface area (Å²) in [7, 11) is 0. The van der Waals surface area contributed by atoms with Crippen LogP contribution in [0.25, 0.3) is 0 Å². The lowest BCUT2D eigenvalue weighted by Crippen LogP contribution is -2.41. The summed E-state index contributed by atoms with van der Waals surface area (Å²) in [4.78, 5) is 27.2. The molecule has 7 nitrogen and oxygen atoms in total. The van der Waals surface area contributed by atoms with Crippen LogP contribution in [0.15, 0.2) is 67.4 Å². The predicted octanol–water partition coefficient (Wildman–Crippen LogP) is 3.17. The van der Waals surface area contributed by atoms with E-state index < -0.39 is 0 Å². The van der Waals surface area contributed by atoms with Crippen molar-refractivity contribution in [3.63, 3.8) is 0 Å². The van der Waals surface area contributed by atoms with Crippen molar-refractivity contribution in [3.05, 3.63) is 78.5 Å². The number of carbonyl (C=O) groups is 1. The fourth-order valence-electron chi connectivity index (χ4n) is 3.29. The van der Waals surface area contributed by atoms with Crippen LogP contribution in [-0.4, -0.2) is 45.0 Å². The number of hydrogen-bond donors (Lipinski definition) is 1. The zero-order valence-electron chi connectivity index (χ0n) is 16.1. The molecular weight excluding hydrogens is 366 g/mol. The van der Waals surface area contributed by atoms with Gasteiger partial charge in [0.05, 0.1) is 11.8 Å². The summed E-state index contributed by atoms with van der Waals surface area (Å²) < 4.78 is 5.94. The van der Waals surface area contributed by atoms with Crippen LogP contribution in [0.4, 0.5) is 5.82 Å². The molecule has 0 spiro atoms. The molecule has 1 aliphatic heterocycles. The molecule has 29 heavy (non-hydrogen) atoms. The average molecular weight is 389 g/mol. The van der Waals surface area contributed by atoms with E-state index in [1.54, 1.807) is 24.8 Å². The summed E-state index contributed by atoms with van der Waals surface area (Å²) >= 11 is 0. The van der Waals surface area contributed by atoms with E-state index >= 15 is 0 Å². The Morgan fingerprint density at radius 2 is 1.83 bits per heavy atom. The van der Waals surface area contributed by atoms with Crippen LogP contribution in [0.3, 0.4) is 0 Å². The monoisotopic (exact) mass is 389 g/mol. The van der Waals surface area contributed by atoms with Crippen molar-refractivity contribution in [1.29, 1.82) is 0 Å². The van der Waals surface area contributed by atoms with Crippen LogP contribution in [0, 0.1) is 0 Å². The van der Waals surface area contributed by atoms with Crippen LogP contribution in [0.2, 0.25) is 0 Å². The minimum Gasteiger partial charge on any atom is -0.489 e. The Morgan fingerprint density at radius 3 is 2.48 bits per heavy atom. The van der Waals surface area contributed by atoms with E-state index in [1.165, 1.54) is 0 Å². The number of amides is 1. The molecule has 1 fully saturated rings. The predicted molar refractivity (Wildman–Crippen MR) is 110 cm³/mol. The lowest BCUT2D eigenvalue weighted by atomic mass is 10.1. The van der Waals surface area contributed by atoms with Crippen molar-refractivity contribution < 1.29 is 9.53 Å². The zero-order chi connectivity index (χ0) is 19.9. The van der Waals surface area contributed by atoms with Crippen molar-refractivity contribution in [2.45, 2.75) is 25.5 Å². The van der Waals surface area contributed by atoms with E-state index in [4.69, 9.17) is 4.74 Å². The molecule has 0 saturated carbocycles. The fraction of sp³-hybridized carbons (Fsp3) is 0.273. The molecule has 1 amide bonds. The Balaban J connectivity index is 1.27. The number of pyridine rings is 3. The van der Waals surface area contributed by atoms with Gasteiger partial charge in [0.15, 0.2) is 0 Å². The van der Waals surface area contributed by atoms with Gasteiger partial charge in [-0.15, -0.1) is 0 Å². The largest absolute Gasteiger partial charge is 0.489 e. The number of rotatable bonds is 6. The maximum atomic E-state index is 12.8. The number of piperidine rings is 1. The van der Waals surface area contributed by atoms with E-state index in [1.807, 2.05) is 47.5 Å². The number of likely N-dealkylation sites (tertiary alicyclic amines) is 1. The number of carbonyl (C=O) groups excluding carboxylic acids is 1. The van der Waals surface area contributed by atoms with Gasteiger partial charge >= 0.3 is 0 Å². The van der Waals surface area contributed by atoms with Crippen molar-refractivity contribution in [3.8, 4) is 5.75 Å². The Hall–Kier alpha value is -3.48. The first-order valence-electron chi connectivity index (χ1n) is 9.73. The van der Waals surface area contributed by atoms with Crippen LogP contribution < -0.4 is 10.1 Å². The summed E-state index contributed by atoms with van der Waals surface area (Å²) in [6.07, 6.45) is 10.3. The molecule has 0 bridgehead atoms. The molecule has 1 aliphatic rings. The number of anilines is 1. The molecule has 3 aromatic heterocycles. The summed E-state index contributed by atoms with van der Waals surface area (Å²) in [5, 5.41) is 3.24. The first-order valence-corrected chi connectivity index (χ1v) is 9.73. The number of ether oxygens (including phenoxy) is 1. The quantitative estimate of drug-likeness (QED) is 0.698. The second-order valence-electron chi connectivity index (χ2n) is 6.95. The molecule has 0 radical (unpaired) electrons. The number of aromatic nitrogens is 3. The molecule has 1 saturated heterocycles. The summed E-state index contributed by atoms with van der Waals surface area (Å²) in [6, 6.07) is 11.3. The first-order chi connectivity index (χ1) is 14.3. The summed E-state index contributed by atoms with van der Waals surface area (Å²) in [5.74, 6) is 1.51. The fourth-order valence-corrected chi connectivity index (χ4v) is 3.29. The maximum absolute atomic E-state index is 12.8. The van der Waals surface area contributed by atoms with Crippen molar-refractivity contribution >= 4 is 11.7 Å². The molecule has 0 atom stereocenters. The molecule has 3 aromatic rings. The Morgan fingerprint density at radius 1 is 1.03 bits per heavy atom. The smallest absolute Gasteiger partial charge is 0.255 e. The van der Waals surface area contributed by atoms with Gasteiger partial charge in [0.25, 0.3) is 5.91 Å². The van der Waals surface area contributed by atoms with Gasteiger partial charge < -0.3 is 15.0 Å². The van der Waals surface area contributed by atoms with Crippen LogP contribution >= 0.6 is 0 Å². The highest BCUT2D eigenvalue weighted by Crippen LogP contribution is 2.19. The minimum atomic E-state index is 0.0103. The van der Waals surface area contributed by atoms with Gasteiger partial charge in [0.1, 0.15) is 17.7 Å². The molecule has 4 rings (SSSR count). The SMILES string of the molecule is O=C(c1ccc(NCc2cccnc2)nc1)N1CCC(Oc2cccnc2)CC1. The average Bonchev–Trinajstić information content (AvgIpc) is 2.79. The van der Waals surface area contributed by atoms with Gasteiger partial charge in [-0.1, -0.05) is 6.07 Å². The topological polar surface area (TPSA) is 80.2 Å². The van der Waals surface area contributed by atoms with Crippen molar-refractivity contribution in [2.75, 3.05) is 18.4 Å². The molecule has 0 unspecified atom stereocenters. The first kappa shape index (κ1) is 18.9. The summed E-state index contributed by atoms with van der Waals surface area (Å²) in [6.45, 7) is 1.98. The zero-order valence-corrected chi connectivity index (χ0v) is 16.1. The van der Waals surface area contributed by atoms with E-state index in [-0.39, 0.29) is 12.0 Å². The van der Waals surface area contributed by atoms with E-state index in [2.05, 4.69) is 20.3 Å². The molecule has 0 aromatic carbocycles. The van der Waals surface area contributed by atoms with E-state index in [0.29, 0.717) is 25.2 Å². The number of nitrogens with zero attached hydrogens (tertiary/aromatic N) is 4. The molecule has 0 aliphatic carbocycles. The molecule has 7 heteroatoms. The number of hydrogen-bond acceptors (Lipinski definition) is 6. The van der Waals surface area contributed by atoms with Gasteiger partial charge in [-0.25, -0.2) is 4.98 Å². The summed E-state index contributed by atoms with van der Waals surface area (Å²) in [5.41, 5.74) is 1.68. The minimum absolute atomic E-state index is 0.0103. The third kappa shape index (κ3) is 5.07. The van der Waals surface area contributed by atoms with Gasteiger partial charge in [-0.2, -0.15) is 0 Å². The molecule has 4 heterocycles. The Kier molecular flexibility index (Phi) is 5.95. The second-order valence-corrected chi connectivity index (χ2v) is 6.95. The highest BCUT2D eigenvalue weighted by Gasteiger charge is 2.25. The molecule has 148 valence electrons. The van der Waals surface area contributed by atoms with Gasteiger partial charge in [-0.3, -0.25) is 14.8 Å². The Labute approximate surface area is 169 Å². The normalized spacial score (nSPS) is 14.4. The van der Waals surface area contributed by atoms with Crippen LogP contribution in [0.1, 0.15) is 28.8 Å². The lowest BCUT2D eigenvalue weighted by molar-refractivity contribution is 0.0594. The second kappa shape index (κ2) is 9.14. The number of nitrogens with one attached hydrogen (secondary N) is 1. The molecular formula is C22H23N5O2. The lowest BCUT2D eigenvalue weighted by Gasteiger charge is -2.32. The van der Waals surface area contributed by atoms with Crippen LogP contribution in [-0.2, 0) is 6.54 Å². The Bertz CT molecular complexity index is 911. The van der Waals surface area contributed by atoms with Crippen molar-refractivity contribution in [1.82, 2.24) is 19.9 Å².